The number of amides is 1. The molecule has 226 valence electrons. The van der Waals surface area contributed by atoms with Crippen molar-refractivity contribution in [2.75, 3.05) is 24.0 Å². The number of fused-ring (bicyclic) bond motifs is 2. The molecule has 0 unspecified atom stereocenters. The molecule has 0 spiro atoms. The van der Waals surface area contributed by atoms with Crippen LogP contribution >= 0.6 is 0 Å². The lowest BCUT2D eigenvalue weighted by Crippen LogP contribution is -2.42. The van der Waals surface area contributed by atoms with Gasteiger partial charge < -0.3 is 20.4 Å². The van der Waals surface area contributed by atoms with Crippen molar-refractivity contribution in [1.29, 1.82) is 5.41 Å². The number of carbonyl (C=O) groups excluding carboxylic acids is 2. The number of anilines is 1. The van der Waals surface area contributed by atoms with Gasteiger partial charge in [-0.1, -0.05) is 42.5 Å². The highest BCUT2D eigenvalue weighted by molar-refractivity contribution is 7.93. The van der Waals surface area contributed by atoms with Gasteiger partial charge in [-0.05, 0) is 48.9 Å². The van der Waals surface area contributed by atoms with Crippen LogP contribution < -0.4 is 15.4 Å². The molecule has 0 fully saturated rings. The molecule has 0 aliphatic carbocycles. The minimum atomic E-state index is -4.30. The van der Waals surface area contributed by atoms with Crippen LogP contribution in [0.25, 0.3) is 21.8 Å². The average Bonchev–Trinajstić information content (AvgIpc) is 3.32. The van der Waals surface area contributed by atoms with Gasteiger partial charge in [-0.15, -0.1) is 0 Å². The Morgan fingerprint density at radius 1 is 1.02 bits per heavy atom. The van der Waals surface area contributed by atoms with E-state index in [4.69, 9.17) is 15.9 Å². The maximum Gasteiger partial charge on any atom is 0.325 e. The summed E-state index contributed by atoms with van der Waals surface area (Å²) in [5.74, 6) is -1.29. The zero-order chi connectivity index (χ0) is 31.4. The number of pyridine rings is 1. The number of carbonyl (C=O) groups is 2. The summed E-state index contributed by atoms with van der Waals surface area (Å²) in [6.45, 7) is 0.858. The zero-order valence-electron chi connectivity index (χ0n) is 24.3. The number of sulfonamides is 1. The van der Waals surface area contributed by atoms with Crippen molar-refractivity contribution in [3.63, 3.8) is 0 Å². The van der Waals surface area contributed by atoms with E-state index in [0.29, 0.717) is 17.4 Å². The first kappa shape index (κ1) is 30.2. The molecule has 2 aromatic heterocycles. The Hall–Kier alpha value is -5.23. The van der Waals surface area contributed by atoms with Crippen molar-refractivity contribution in [1.82, 2.24) is 14.9 Å². The minimum Gasteiger partial charge on any atom is -0.465 e. The SMILES string of the molecule is CCOC(=O)CNC(=O)CN(c1ccc2c(c1)cc(Cc1ccc(C(=N)N)cc1)n2C)S(=O)(=O)c1cccc2cccnc12. The molecule has 0 saturated heterocycles. The summed E-state index contributed by atoms with van der Waals surface area (Å²) >= 11 is 0. The number of aryl methyl sites for hydroxylation is 1. The second-order valence-electron chi connectivity index (χ2n) is 10.1. The molecule has 3 aromatic carbocycles. The van der Waals surface area contributed by atoms with Gasteiger partial charge >= 0.3 is 5.97 Å². The van der Waals surface area contributed by atoms with Gasteiger partial charge in [-0.3, -0.25) is 24.3 Å². The van der Waals surface area contributed by atoms with Gasteiger partial charge in [-0.2, -0.15) is 0 Å². The molecular formula is C32H32N6O5S. The first-order chi connectivity index (χ1) is 21.1. The number of aromatic nitrogens is 2. The quantitative estimate of drug-likeness (QED) is 0.117. The summed E-state index contributed by atoms with van der Waals surface area (Å²) in [6.07, 6.45) is 2.11. The molecule has 44 heavy (non-hydrogen) atoms. The molecule has 0 bridgehead atoms. The highest BCUT2D eigenvalue weighted by Gasteiger charge is 2.30. The number of nitrogens with zero attached hydrogens (tertiary/aromatic N) is 3. The monoisotopic (exact) mass is 612 g/mol. The normalized spacial score (nSPS) is 11.4. The van der Waals surface area contributed by atoms with Gasteiger partial charge in [0, 0.05) is 47.2 Å². The summed E-state index contributed by atoms with van der Waals surface area (Å²) in [5, 5.41) is 11.5. The fraction of sp³-hybridized carbons (Fsp3) is 0.188. The van der Waals surface area contributed by atoms with E-state index in [0.717, 1.165) is 26.5 Å². The lowest BCUT2D eigenvalue weighted by molar-refractivity contribution is -0.143. The summed E-state index contributed by atoms with van der Waals surface area (Å²) in [5.41, 5.74) is 9.66. The highest BCUT2D eigenvalue weighted by Crippen LogP contribution is 2.31. The van der Waals surface area contributed by atoms with E-state index >= 15 is 0 Å². The molecule has 12 heteroatoms. The third-order valence-corrected chi connectivity index (χ3v) is 9.06. The Kier molecular flexibility index (Phi) is 8.63. The van der Waals surface area contributed by atoms with Gasteiger partial charge in [0.05, 0.1) is 17.8 Å². The Balaban J connectivity index is 1.53. The van der Waals surface area contributed by atoms with Crippen molar-refractivity contribution in [2.45, 2.75) is 18.2 Å². The average molecular weight is 613 g/mol. The first-order valence-corrected chi connectivity index (χ1v) is 15.3. The molecule has 0 aliphatic rings. The topological polar surface area (TPSA) is 160 Å². The Morgan fingerprint density at radius 3 is 2.50 bits per heavy atom. The van der Waals surface area contributed by atoms with Crippen LogP contribution in [0.3, 0.4) is 0 Å². The zero-order valence-corrected chi connectivity index (χ0v) is 25.1. The van der Waals surface area contributed by atoms with E-state index < -0.39 is 28.4 Å². The number of hydrogen-bond acceptors (Lipinski definition) is 7. The molecule has 11 nitrogen and oxygen atoms in total. The summed E-state index contributed by atoms with van der Waals surface area (Å²) in [4.78, 5) is 29.1. The van der Waals surface area contributed by atoms with Crippen molar-refractivity contribution < 1.29 is 22.7 Å². The molecule has 1 amide bonds. The van der Waals surface area contributed by atoms with E-state index in [1.54, 1.807) is 55.5 Å². The number of benzene rings is 3. The van der Waals surface area contributed by atoms with Gasteiger partial charge in [0.25, 0.3) is 10.0 Å². The van der Waals surface area contributed by atoms with E-state index in [1.165, 1.54) is 12.3 Å². The van der Waals surface area contributed by atoms with Gasteiger partial charge in [0.1, 0.15) is 23.8 Å². The van der Waals surface area contributed by atoms with Crippen molar-refractivity contribution in [3.05, 3.63) is 102 Å². The van der Waals surface area contributed by atoms with Crippen LogP contribution in [0.4, 0.5) is 5.69 Å². The molecule has 5 aromatic rings. The summed E-state index contributed by atoms with van der Waals surface area (Å²) in [6, 6.07) is 23.0. The summed E-state index contributed by atoms with van der Waals surface area (Å²) in [7, 11) is -2.37. The molecule has 0 saturated carbocycles. The van der Waals surface area contributed by atoms with Crippen LogP contribution in [0.15, 0.2) is 90.0 Å². The standard InChI is InChI=1S/C32H32N6O5S/c1-3-43-30(40)19-36-29(39)20-38(44(41,42)28-8-4-6-22-7-5-15-35-31(22)28)25-13-14-27-24(17-25)18-26(37(27)2)16-21-9-11-23(12-10-21)32(33)34/h4-15,17-18H,3,16,19-20H2,1-2H3,(H3,33,34)(H,36,39). The predicted molar refractivity (Wildman–Crippen MR) is 169 cm³/mol. The molecule has 0 aliphatic heterocycles. The number of nitrogens with one attached hydrogen (secondary N) is 2. The first-order valence-electron chi connectivity index (χ1n) is 13.9. The van der Waals surface area contributed by atoms with E-state index in [-0.39, 0.29) is 35.1 Å². The third-order valence-electron chi connectivity index (χ3n) is 7.25. The number of hydrogen-bond donors (Lipinski definition) is 3. The van der Waals surface area contributed by atoms with E-state index in [1.807, 2.05) is 35.9 Å². The number of amidine groups is 1. The lowest BCUT2D eigenvalue weighted by atomic mass is 10.1. The van der Waals surface area contributed by atoms with E-state index in [9.17, 15) is 18.0 Å². The fourth-order valence-corrected chi connectivity index (χ4v) is 6.60. The van der Waals surface area contributed by atoms with Crippen molar-refractivity contribution in [3.8, 4) is 0 Å². The van der Waals surface area contributed by atoms with Gasteiger partial charge in [0.15, 0.2) is 0 Å². The number of rotatable bonds is 11. The van der Waals surface area contributed by atoms with Crippen LogP contribution in [0.5, 0.6) is 0 Å². The van der Waals surface area contributed by atoms with Crippen molar-refractivity contribution in [2.24, 2.45) is 12.8 Å². The number of ether oxygens (including phenoxy) is 1. The third kappa shape index (κ3) is 6.25. The Labute approximate surface area is 254 Å². The fourth-order valence-electron chi connectivity index (χ4n) is 5.02. The van der Waals surface area contributed by atoms with Gasteiger partial charge in [-0.25, -0.2) is 8.42 Å². The Bertz CT molecular complexity index is 1980. The largest absolute Gasteiger partial charge is 0.465 e. The van der Waals surface area contributed by atoms with Crippen LogP contribution in [-0.4, -0.2) is 55.4 Å². The summed E-state index contributed by atoms with van der Waals surface area (Å²) < 4.78 is 36.4. The second-order valence-corrected chi connectivity index (χ2v) is 12.0. The maximum atomic E-state index is 14.2. The molecule has 0 radical (unpaired) electrons. The predicted octanol–water partition coefficient (Wildman–Crippen LogP) is 3.48. The highest BCUT2D eigenvalue weighted by atomic mass is 32.2. The second kappa shape index (κ2) is 12.6. The maximum absolute atomic E-state index is 14.2. The van der Waals surface area contributed by atoms with Crippen LogP contribution in [0, 0.1) is 5.41 Å². The molecule has 5 rings (SSSR count). The molecule has 4 N–H and O–H groups in total. The number of esters is 1. The van der Waals surface area contributed by atoms with E-state index in [2.05, 4.69) is 10.3 Å². The van der Waals surface area contributed by atoms with Crippen molar-refractivity contribution >= 4 is 55.2 Å². The van der Waals surface area contributed by atoms with Crippen LogP contribution in [0.1, 0.15) is 23.7 Å². The van der Waals surface area contributed by atoms with Gasteiger partial charge in [0.2, 0.25) is 5.91 Å². The number of para-hydroxylation sites is 1. The van der Waals surface area contributed by atoms with Crippen LogP contribution in [0.2, 0.25) is 0 Å². The molecule has 2 heterocycles. The molecular weight excluding hydrogens is 580 g/mol. The molecule has 0 atom stereocenters. The van der Waals surface area contributed by atoms with Crippen LogP contribution in [-0.2, 0) is 37.8 Å². The Morgan fingerprint density at radius 2 is 1.77 bits per heavy atom. The lowest BCUT2D eigenvalue weighted by Gasteiger charge is -2.24. The number of nitrogen functional groups attached to an aromatic ring is 1. The smallest absolute Gasteiger partial charge is 0.325 e. The minimum absolute atomic E-state index is 0.00189. The number of nitrogens with two attached hydrogens (primary N) is 1.